The second-order valence-corrected chi connectivity index (χ2v) is 13.2. The molecule has 11 nitrogen and oxygen atoms in total. The summed E-state index contributed by atoms with van der Waals surface area (Å²) in [4.78, 5) is 54.4. The van der Waals surface area contributed by atoms with Crippen LogP contribution in [0.2, 0.25) is 0 Å². The maximum absolute atomic E-state index is 14.2. The summed E-state index contributed by atoms with van der Waals surface area (Å²) in [6, 6.07) is 20.2. The van der Waals surface area contributed by atoms with Crippen molar-refractivity contribution >= 4 is 23.5 Å². The van der Waals surface area contributed by atoms with Gasteiger partial charge in [0.05, 0.1) is 13.1 Å². The molecule has 0 radical (unpaired) electrons. The van der Waals surface area contributed by atoms with Gasteiger partial charge in [0.2, 0.25) is 17.7 Å². The van der Waals surface area contributed by atoms with E-state index in [1.165, 1.54) is 5.56 Å². The summed E-state index contributed by atoms with van der Waals surface area (Å²) in [5, 5.41) is 13.3. The lowest BCUT2D eigenvalue weighted by Gasteiger charge is -2.55. The number of aromatic hydroxyl groups is 1. The van der Waals surface area contributed by atoms with E-state index in [4.69, 9.17) is 0 Å². The number of carbonyl (C=O) groups is 3. The molecular weight excluding hydrogens is 594 g/mol. The van der Waals surface area contributed by atoms with Crippen molar-refractivity contribution in [2.45, 2.75) is 51.0 Å². The Morgan fingerprint density at radius 3 is 2.36 bits per heavy atom. The summed E-state index contributed by atoms with van der Waals surface area (Å²) in [5.41, 5.74) is 3.01. The van der Waals surface area contributed by atoms with Crippen LogP contribution in [0.4, 0.5) is 5.82 Å². The maximum Gasteiger partial charge on any atom is 0.246 e. The van der Waals surface area contributed by atoms with Gasteiger partial charge in [-0.05, 0) is 61.2 Å². The second-order valence-electron chi connectivity index (χ2n) is 13.2. The van der Waals surface area contributed by atoms with Gasteiger partial charge in [-0.1, -0.05) is 48.5 Å². The number of fused-ring (bicyclic) bond motifs is 1. The van der Waals surface area contributed by atoms with Crippen LogP contribution >= 0.6 is 0 Å². The molecule has 0 bridgehead atoms. The van der Waals surface area contributed by atoms with Crippen molar-refractivity contribution in [1.29, 1.82) is 0 Å². The Morgan fingerprint density at radius 2 is 1.66 bits per heavy atom. The molecule has 3 aromatic rings. The molecule has 1 aromatic heterocycles. The third-order valence-corrected chi connectivity index (χ3v) is 9.63. The molecule has 3 aliphatic rings. The van der Waals surface area contributed by atoms with Gasteiger partial charge in [-0.15, -0.1) is 0 Å². The predicted molar refractivity (Wildman–Crippen MR) is 179 cm³/mol. The Hall–Kier alpha value is -4.48. The van der Waals surface area contributed by atoms with Crippen molar-refractivity contribution in [3.05, 3.63) is 89.6 Å². The number of piperazine rings is 1. The third kappa shape index (κ3) is 7.26. The topological polar surface area (TPSA) is 104 Å². The van der Waals surface area contributed by atoms with E-state index in [-0.39, 0.29) is 48.9 Å². The number of hydrogen-bond acceptors (Lipinski definition) is 8. The molecule has 4 heterocycles. The predicted octanol–water partition coefficient (Wildman–Crippen LogP) is 2.95. The van der Waals surface area contributed by atoms with Crippen molar-refractivity contribution in [3.63, 3.8) is 0 Å². The van der Waals surface area contributed by atoms with Crippen LogP contribution in [-0.2, 0) is 33.9 Å². The average molecular weight is 640 g/mol. The average Bonchev–Trinajstić information content (AvgIpc) is 3.05. The number of anilines is 1. The standard InChI is InChI=1S/C36H45N7O4/c1-38(2)35-29(10-7-17-37-35)23-41-24-32-42(31(36(41)47)20-26-11-13-30(44)14-12-26)34(46)25-39(3)43(32)33(45)21-27-15-18-40(19-16-27)22-28-8-5-4-6-9-28/h4-14,17,27,31-32,44H,15-16,18-25H2,1-3H3/t31-,32?/m0/s1. The van der Waals surface area contributed by atoms with Crippen molar-refractivity contribution in [2.24, 2.45) is 5.92 Å². The first-order chi connectivity index (χ1) is 22.7. The number of likely N-dealkylation sites (tertiary alicyclic amines) is 1. The van der Waals surface area contributed by atoms with Crippen LogP contribution in [0, 0.1) is 5.92 Å². The molecule has 3 fully saturated rings. The molecule has 0 saturated carbocycles. The Bertz CT molecular complexity index is 1560. The van der Waals surface area contributed by atoms with Crippen LogP contribution in [-0.4, -0.2) is 112 Å². The SMILES string of the molecule is CN(C)c1ncccc1CN1CC2N(C(=O)CN(C)N2C(=O)CC2CCN(Cc3ccccc3)CC2)[C@@H](Cc2ccc(O)cc2)C1=O. The molecule has 1 unspecified atom stereocenters. The van der Waals surface area contributed by atoms with Gasteiger partial charge in [-0.3, -0.25) is 24.3 Å². The zero-order valence-corrected chi connectivity index (χ0v) is 27.5. The highest BCUT2D eigenvalue weighted by Gasteiger charge is 2.50. The lowest BCUT2D eigenvalue weighted by molar-refractivity contribution is -0.203. The molecule has 6 rings (SSSR count). The smallest absolute Gasteiger partial charge is 0.246 e. The number of piperidine rings is 1. The van der Waals surface area contributed by atoms with Crippen LogP contribution < -0.4 is 4.90 Å². The van der Waals surface area contributed by atoms with Crippen molar-refractivity contribution in [3.8, 4) is 5.75 Å². The highest BCUT2D eigenvalue weighted by molar-refractivity contribution is 5.92. The summed E-state index contributed by atoms with van der Waals surface area (Å²) in [7, 11) is 5.62. The molecular formula is C36H45N7O4. The Morgan fingerprint density at radius 1 is 0.936 bits per heavy atom. The summed E-state index contributed by atoms with van der Waals surface area (Å²) in [6.45, 7) is 3.30. The second kappa shape index (κ2) is 14.1. The minimum absolute atomic E-state index is 0.0184. The number of amides is 3. The number of hydrazine groups is 1. The lowest BCUT2D eigenvalue weighted by Crippen LogP contribution is -2.75. The van der Waals surface area contributed by atoms with Crippen molar-refractivity contribution in [1.82, 2.24) is 29.7 Å². The van der Waals surface area contributed by atoms with E-state index < -0.39 is 12.2 Å². The number of pyridine rings is 1. The zero-order chi connectivity index (χ0) is 33.1. The van der Waals surface area contributed by atoms with Gasteiger partial charge in [-0.2, -0.15) is 0 Å². The summed E-state index contributed by atoms with van der Waals surface area (Å²) < 4.78 is 0. The molecule has 11 heteroatoms. The highest BCUT2D eigenvalue weighted by Crippen LogP contribution is 2.32. The number of benzene rings is 2. The summed E-state index contributed by atoms with van der Waals surface area (Å²) in [5.74, 6) is 0.781. The van der Waals surface area contributed by atoms with Gasteiger partial charge >= 0.3 is 0 Å². The van der Waals surface area contributed by atoms with Gasteiger partial charge in [-0.25, -0.2) is 9.99 Å². The normalized spacial score (nSPS) is 21.2. The van der Waals surface area contributed by atoms with Gasteiger partial charge in [0.25, 0.3) is 0 Å². The minimum atomic E-state index is -0.796. The minimum Gasteiger partial charge on any atom is -0.508 e. The number of carbonyl (C=O) groups excluding carboxylic acids is 3. The summed E-state index contributed by atoms with van der Waals surface area (Å²) >= 11 is 0. The fourth-order valence-corrected chi connectivity index (χ4v) is 7.26. The quantitative estimate of drug-likeness (QED) is 0.382. The van der Waals surface area contributed by atoms with E-state index >= 15 is 0 Å². The molecule has 2 aromatic carbocycles. The largest absolute Gasteiger partial charge is 0.508 e. The van der Waals surface area contributed by atoms with E-state index in [1.54, 1.807) is 57.3 Å². The number of phenols is 1. The molecule has 3 aliphatic heterocycles. The number of rotatable bonds is 9. The molecule has 47 heavy (non-hydrogen) atoms. The third-order valence-electron chi connectivity index (χ3n) is 9.63. The Labute approximate surface area is 276 Å². The van der Waals surface area contributed by atoms with Crippen molar-refractivity contribution < 1.29 is 19.5 Å². The van der Waals surface area contributed by atoms with Crippen LogP contribution in [0.1, 0.15) is 36.0 Å². The molecule has 0 spiro atoms. The lowest BCUT2D eigenvalue weighted by atomic mass is 9.92. The van der Waals surface area contributed by atoms with Crippen LogP contribution in [0.3, 0.4) is 0 Å². The molecule has 2 atom stereocenters. The summed E-state index contributed by atoms with van der Waals surface area (Å²) in [6.07, 6.45) is 3.64. The number of phenolic OH excluding ortho intramolecular Hbond substituents is 1. The van der Waals surface area contributed by atoms with E-state index in [0.717, 1.165) is 49.4 Å². The Kier molecular flexibility index (Phi) is 9.74. The van der Waals surface area contributed by atoms with Crippen LogP contribution in [0.15, 0.2) is 72.9 Å². The van der Waals surface area contributed by atoms with Crippen LogP contribution in [0.5, 0.6) is 5.75 Å². The number of aromatic nitrogens is 1. The maximum atomic E-state index is 14.2. The molecule has 3 saturated heterocycles. The Balaban J connectivity index is 1.23. The van der Waals surface area contributed by atoms with Gasteiger partial charge < -0.3 is 19.8 Å². The first-order valence-corrected chi connectivity index (χ1v) is 16.5. The van der Waals surface area contributed by atoms with Crippen LogP contribution in [0.25, 0.3) is 0 Å². The van der Waals surface area contributed by atoms with Gasteiger partial charge in [0.1, 0.15) is 23.8 Å². The van der Waals surface area contributed by atoms with Gasteiger partial charge in [0.15, 0.2) is 0 Å². The van der Waals surface area contributed by atoms with E-state index in [9.17, 15) is 19.5 Å². The van der Waals surface area contributed by atoms with E-state index in [0.29, 0.717) is 13.0 Å². The molecule has 248 valence electrons. The first-order valence-electron chi connectivity index (χ1n) is 16.5. The number of hydrogen-bond donors (Lipinski definition) is 1. The first kappa shape index (κ1) is 32.5. The number of nitrogens with zero attached hydrogens (tertiary/aromatic N) is 7. The molecule has 0 aliphatic carbocycles. The van der Waals surface area contributed by atoms with E-state index in [1.807, 2.05) is 37.2 Å². The van der Waals surface area contributed by atoms with Crippen molar-refractivity contribution in [2.75, 3.05) is 52.2 Å². The molecule has 3 amide bonds. The van der Waals surface area contributed by atoms with Gasteiger partial charge in [0, 0.05) is 58.8 Å². The van der Waals surface area contributed by atoms with E-state index in [2.05, 4.69) is 34.1 Å². The zero-order valence-electron chi connectivity index (χ0n) is 27.5. The monoisotopic (exact) mass is 639 g/mol. The fraction of sp³-hybridized carbons (Fsp3) is 0.444. The highest BCUT2D eigenvalue weighted by atomic mass is 16.3. The molecule has 1 N–H and O–H groups in total. The fourth-order valence-electron chi connectivity index (χ4n) is 7.26. The number of likely N-dealkylation sites (N-methyl/N-ethyl adjacent to an activating group) is 1.